The minimum absolute atomic E-state index is 0.00814. The van der Waals surface area contributed by atoms with Gasteiger partial charge in [-0.25, -0.2) is 15.0 Å². The van der Waals surface area contributed by atoms with Crippen molar-refractivity contribution in [2.24, 2.45) is 0 Å². The summed E-state index contributed by atoms with van der Waals surface area (Å²) in [6.45, 7) is 5.81. The molecule has 174 valence electrons. The summed E-state index contributed by atoms with van der Waals surface area (Å²) in [4.78, 5) is 30.2. The average Bonchev–Trinajstić information content (AvgIpc) is 3.42. The minimum atomic E-state index is -0.129. The molecule has 1 saturated carbocycles. The van der Waals surface area contributed by atoms with Gasteiger partial charge < -0.3 is 19.5 Å². The topological polar surface area (TPSA) is 87.4 Å². The molecule has 0 bridgehead atoms. The summed E-state index contributed by atoms with van der Waals surface area (Å²) in [5, 5.41) is 4.68. The number of hydrogen-bond acceptors (Lipinski definition) is 7. The van der Waals surface area contributed by atoms with Crippen LogP contribution in [0.3, 0.4) is 0 Å². The van der Waals surface area contributed by atoms with Crippen LogP contribution in [0.5, 0.6) is 0 Å². The summed E-state index contributed by atoms with van der Waals surface area (Å²) >= 11 is 24.7. The molecule has 1 saturated heterocycles. The van der Waals surface area contributed by atoms with Gasteiger partial charge in [-0.05, 0) is 26.7 Å². The zero-order valence-corrected chi connectivity index (χ0v) is 20.9. The molecule has 1 amide bonds. The average molecular weight is 530 g/mol. The quantitative estimate of drug-likeness (QED) is 0.448. The summed E-state index contributed by atoms with van der Waals surface area (Å²) in [6.07, 6.45) is 3.55. The van der Waals surface area contributed by atoms with Gasteiger partial charge in [0.15, 0.2) is 11.0 Å². The Hall–Kier alpha value is -2.00. The molecule has 4 heterocycles. The number of nitrogens with zero attached hydrogens (tertiary/aromatic N) is 5. The Morgan fingerprint density at radius 1 is 1.06 bits per heavy atom. The van der Waals surface area contributed by atoms with E-state index in [2.05, 4.69) is 27.2 Å². The van der Waals surface area contributed by atoms with Gasteiger partial charge in [-0.1, -0.05) is 46.4 Å². The molecule has 8 nitrogen and oxygen atoms in total. The second kappa shape index (κ2) is 8.34. The molecule has 33 heavy (non-hydrogen) atoms. The van der Waals surface area contributed by atoms with Crippen molar-refractivity contribution in [1.29, 1.82) is 0 Å². The maximum absolute atomic E-state index is 13.6. The summed E-state index contributed by atoms with van der Waals surface area (Å²) in [5.74, 6) is 1.46. The fourth-order valence-corrected chi connectivity index (χ4v) is 4.80. The minimum Gasteiger partial charge on any atom is -0.442 e. The summed E-state index contributed by atoms with van der Waals surface area (Å²) in [7, 11) is 0. The van der Waals surface area contributed by atoms with E-state index in [1.54, 1.807) is 11.8 Å². The highest BCUT2D eigenvalue weighted by Gasteiger charge is 2.39. The molecule has 0 radical (unpaired) electrons. The molecular formula is C21H20Cl4N6O2. The molecule has 0 atom stereocenters. The number of aryl methyl sites for hydroxylation is 1. The maximum Gasteiger partial charge on any atom is 0.258 e. The number of halogens is 4. The molecule has 3 aromatic rings. The molecule has 0 unspecified atom stereocenters. The molecule has 12 heteroatoms. The van der Waals surface area contributed by atoms with Crippen molar-refractivity contribution in [1.82, 2.24) is 19.9 Å². The van der Waals surface area contributed by atoms with Crippen LogP contribution in [0.2, 0.25) is 20.2 Å². The molecule has 2 aliphatic rings. The van der Waals surface area contributed by atoms with Gasteiger partial charge in [0.05, 0.1) is 21.0 Å². The summed E-state index contributed by atoms with van der Waals surface area (Å²) < 4.78 is 5.81. The summed E-state index contributed by atoms with van der Waals surface area (Å²) in [5.41, 5.74) is 0.878. The van der Waals surface area contributed by atoms with Crippen LogP contribution in [0.25, 0.3) is 11.1 Å². The van der Waals surface area contributed by atoms with Crippen molar-refractivity contribution in [2.75, 3.05) is 36.4 Å². The predicted molar refractivity (Wildman–Crippen MR) is 130 cm³/mol. The number of hydrogen-bond donors (Lipinski definition) is 1. The highest BCUT2D eigenvalue weighted by Crippen LogP contribution is 2.41. The second-order valence-electron chi connectivity index (χ2n) is 8.57. The number of pyridine rings is 1. The zero-order chi connectivity index (χ0) is 23.5. The maximum atomic E-state index is 13.6. The van der Waals surface area contributed by atoms with Gasteiger partial charge in [-0.2, -0.15) is 0 Å². The van der Waals surface area contributed by atoms with Crippen molar-refractivity contribution in [3.8, 4) is 0 Å². The third-order valence-corrected chi connectivity index (χ3v) is 7.80. The Kier molecular flexibility index (Phi) is 5.76. The van der Waals surface area contributed by atoms with Crippen molar-refractivity contribution in [2.45, 2.75) is 32.2 Å². The highest BCUT2D eigenvalue weighted by molar-refractivity contribution is 6.52. The van der Waals surface area contributed by atoms with Crippen LogP contribution in [-0.2, 0) is 0 Å². The van der Waals surface area contributed by atoms with E-state index in [1.165, 1.54) is 6.33 Å². The fraction of sp³-hybridized carbons (Fsp3) is 0.429. The first-order chi connectivity index (χ1) is 15.7. The number of carbonyl (C=O) groups excluding carboxylic acids is 1. The van der Waals surface area contributed by atoms with Gasteiger partial charge in [-0.15, -0.1) is 0 Å². The lowest BCUT2D eigenvalue weighted by Crippen LogP contribution is -2.49. The Bertz CT molecular complexity index is 1270. The highest BCUT2D eigenvalue weighted by atomic mass is 35.5. The van der Waals surface area contributed by atoms with E-state index in [0.29, 0.717) is 60.2 Å². The Balaban J connectivity index is 1.39. The first kappa shape index (κ1) is 22.8. The largest absolute Gasteiger partial charge is 0.442 e. The van der Waals surface area contributed by atoms with E-state index in [9.17, 15) is 4.79 Å². The lowest BCUT2D eigenvalue weighted by Gasteiger charge is -2.36. The number of amides is 1. The molecule has 0 aromatic carbocycles. The van der Waals surface area contributed by atoms with E-state index in [1.807, 2.05) is 4.90 Å². The molecule has 1 N–H and O–H groups in total. The molecule has 2 fully saturated rings. The number of anilines is 2. The number of piperazine rings is 1. The number of nitrogens with one attached hydrogen (secondary N) is 1. The molecular weight excluding hydrogens is 510 g/mol. The van der Waals surface area contributed by atoms with Gasteiger partial charge in [-0.3, -0.25) is 4.79 Å². The number of furan rings is 1. The van der Waals surface area contributed by atoms with Gasteiger partial charge >= 0.3 is 0 Å². The first-order valence-corrected chi connectivity index (χ1v) is 12.0. The van der Waals surface area contributed by atoms with Crippen LogP contribution < -0.4 is 10.2 Å². The number of fused-ring (bicyclic) bond motifs is 1. The predicted octanol–water partition coefficient (Wildman–Crippen LogP) is 5.47. The van der Waals surface area contributed by atoms with Crippen LogP contribution in [0.15, 0.2) is 10.7 Å². The number of carbonyl (C=O) groups is 1. The van der Waals surface area contributed by atoms with E-state index in [-0.39, 0.29) is 31.7 Å². The Morgan fingerprint density at radius 2 is 1.76 bits per heavy atom. The van der Waals surface area contributed by atoms with Crippen molar-refractivity contribution >= 4 is 75.0 Å². The molecule has 1 aliphatic carbocycles. The first-order valence-electron chi connectivity index (χ1n) is 10.4. The lowest BCUT2D eigenvalue weighted by atomic mass is 10.1. The SMILES string of the molecule is Cc1oc2ncnc(NC3(C)CC3)c2c1C(=O)N1CCN(c2nc(Cl)c(Cl)c(Cl)c2Cl)CC1. The van der Waals surface area contributed by atoms with Gasteiger partial charge in [0.1, 0.15) is 22.9 Å². The van der Waals surface area contributed by atoms with Gasteiger partial charge in [0, 0.05) is 31.7 Å². The zero-order valence-electron chi connectivity index (χ0n) is 17.9. The number of aromatic nitrogens is 3. The normalized spacial score (nSPS) is 17.5. The van der Waals surface area contributed by atoms with E-state index < -0.39 is 0 Å². The van der Waals surface area contributed by atoms with Crippen LogP contribution in [0.1, 0.15) is 35.9 Å². The van der Waals surface area contributed by atoms with Crippen molar-refractivity contribution in [3.63, 3.8) is 0 Å². The van der Waals surface area contributed by atoms with Gasteiger partial charge in [0.2, 0.25) is 5.71 Å². The third-order valence-electron chi connectivity index (χ3n) is 6.13. The molecule has 3 aromatic heterocycles. The van der Waals surface area contributed by atoms with Crippen LogP contribution in [-0.4, -0.2) is 57.5 Å². The van der Waals surface area contributed by atoms with Gasteiger partial charge in [0.25, 0.3) is 5.91 Å². The van der Waals surface area contributed by atoms with E-state index in [0.717, 1.165) is 12.8 Å². The molecule has 0 spiro atoms. The monoisotopic (exact) mass is 528 g/mol. The molecule has 5 rings (SSSR count). The second-order valence-corrected chi connectivity index (χ2v) is 10.1. The van der Waals surface area contributed by atoms with Crippen LogP contribution in [0, 0.1) is 6.92 Å². The fourth-order valence-electron chi connectivity index (χ4n) is 3.96. The van der Waals surface area contributed by atoms with E-state index >= 15 is 0 Å². The molecule has 1 aliphatic heterocycles. The Morgan fingerprint density at radius 3 is 2.42 bits per heavy atom. The van der Waals surface area contributed by atoms with Crippen LogP contribution in [0.4, 0.5) is 11.6 Å². The Labute approximate surface area is 210 Å². The van der Waals surface area contributed by atoms with Crippen LogP contribution >= 0.6 is 46.4 Å². The smallest absolute Gasteiger partial charge is 0.258 e. The lowest BCUT2D eigenvalue weighted by molar-refractivity contribution is 0.0746. The van der Waals surface area contributed by atoms with Crippen molar-refractivity contribution in [3.05, 3.63) is 37.9 Å². The third kappa shape index (κ3) is 4.07. The van der Waals surface area contributed by atoms with Crippen molar-refractivity contribution < 1.29 is 9.21 Å². The number of rotatable bonds is 4. The summed E-state index contributed by atoms with van der Waals surface area (Å²) in [6, 6.07) is 0. The van der Waals surface area contributed by atoms with E-state index in [4.69, 9.17) is 50.8 Å². The standard InChI is InChI=1S/C21H20Cl4N6O2/c1-10-11(12-17(29-21(2)3-4-21)26-9-27-19(12)33-10)20(32)31-7-5-30(6-8-31)18-15(24)13(22)14(23)16(25)28-18/h9H,3-8H2,1-2H3,(H,26,27,29).